The summed E-state index contributed by atoms with van der Waals surface area (Å²) in [6.45, 7) is 4.93. The predicted octanol–water partition coefficient (Wildman–Crippen LogP) is 13.8. The number of hydrogen-bond acceptors (Lipinski definition) is 5. The molecule has 0 bridgehead atoms. The summed E-state index contributed by atoms with van der Waals surface area (Å²) in [6, 6.07) is -0.856. The van der Waals surface area contributed by atoms with Crippen LogP contribution in [0.15, 0.2) is 36.5 Å². The summed E-state index contributed by atoms with van der Waals surface area (Å²) in [5.41, 5.74) is 5.48. The SMILES string of the molecule is CCCCCCC/C=C\C/C=C\C/C=C\CCCCCCCCCCC(=O)OC(CCCCCCCCC)CCCCCCCC(=O)NC(CCCN)C(=O)O. The molecule has 7 nitrogen and oxygen atoms in total. The van der Waals surface area contributed by atoms with Crippen molar-refractivity contribution in [3.8, 4) is 0 Å². The molecule has 326 valence electrons. The maximum absolute atomic E-state index is 12.8. The number of carboxylic acids is 1. The van der Waals surface area contributed by atoms with Crippen molar-refractivity contribution in [1.82, 2.24) is 5.32 Å². The molecule has 2 atom stereocenters. The van der Waals surface area contributed by atoms with Crippen LogP contribution in [0.25, 0.3) is 0 Å². The number of aliphatic carboxylic acids is 1. The maximum Gasteiger partial charge on any atom is 0.326 e. The van der Waals surface area contributed by atoms with Gasteiger partial charge in [0.2, 0.25) is 5.91 Å². The molecule has 0 fully saturated rings. The van der Waals surface area contributed by atoms with Crippen LogP contribution in [-0.4, -0.2) is 41.6 Å². The monoisotopic (exact) mass is 787 g/mol. The highest BCUT2D eigenvalue weighted by Crippen LogP contribution is 2.19. The van der Waals surface area contributed by atoms with Crippen LogP contribution in [0.5, 0.6) is 0 Å². The lowest BCUT2D eigenvalue weighted by molar-refractivity contribution is -0.150. The van der Waals surface area contributed by atoms with Crippen LogP contribution in [0.4, 0.5) is 0 Å². The zero-order valence-corrected chi connectivity index (χ0v) is 36.7. The van der Waals surface area contributed by atoms with Crippen molar-refractivity contribution in [2.45, 2.75) is 251 Å². The maximum atomic E-state index is 12.8. The van der Waals surface area contributed by atoms with Gasteiger partial charge in [0.1, 0.15) is 12.1 Å². The van der Waals surface area contributed by atoms with Crippen LogP contribution in [0, 0.1) is 0 Å². The van der Waals surface area contributed by atoms with Gasteiger partial charge in [-0.05, 0) is 96.4 Å². The summed E-state index contributed by atoms with van der Waals surface area (Å²) in [5.74, 6) is -1.23. The number of ether oxygens (including phenoxy) is 1. The molecule has 0 aromatic heterocycles. The van der Waals surface area contributed by atoms with E-state index < -0.39 is 12.0 Å². The van der Waals surface area contributed by atoms with Crippen molar-refractivity contribution in [3.63, 3.8) is 0 Å². The number of nitrogens with two attached hydrogens (primary N) is 1. The Labute approximate surface area is 345 Å². The minimum absolute atomic E-state index is 0.0127. The number of unbranched alkanes of at least 4 members (excludes halogenated alkanes) is 23. The second-order valence-electron chi connectivity index (χ2n) is 16.2. The summed E-state index contributed by atoms with van der Waals surface area (Å²) in [6.07, 6.45) is 52.1. The van der Waals surface area contributed by atoms with E-state index in [0.29, 0.717) is 32.2 Å². The Morgan fingerprint density at radius 1 is 0.518 bits per heavy atom. The average molecular weight is 787 g/mol. The van der Waals surface area contributed by atoms with Crippen molar-refractivity contribution < 1.29 is 24.2 Å². The molecule has 0 saturated carbocycles. The average Bonchev–Trinajstić information content (AvgIpc) is 3.18. The lowest BCUT2D eigenvalue weighted by Gasteiger charge is -2.18. The number of hydrogen-bond donors (Lipinski definition) is 3. The first-order valence-corrected chi connectivity index (χ1v) is 23.8. The topological polar surface area (TPSA) is 119 Å². The second kappa shape index (κ2) is 43.7. The Morgan fingerprint density at radius 3 is 1.39 bits per heavy atom. The molecular formula is C49H90N2O5. The molecule has 56 heavy (non-hydrogen) atoms. The molecule has 0 aliphatic heterocycles. The molecule has 1 amide bonds. The molecule has 0 aliphatic rings. The predicted molar refractivity (Wildman–Crippen MR) is 239 cm³/mol. The Kier molecular flexibility index (Phi) is 41.8. The Balaban J connectivity index is 4.07. The summed E-state index contributed by atoms with van der Waals surface area (Å²) in [7, 11) is 0. The molecule has 0 spiro atoms. The van der Waals surface area contributed by atoms with E-state index in [2.05, 4.69) is 55.6 Å². The van der Waals surface area contributed by atoms with Crippen molar-refractivity contribution in [1.29, 1.82) is 0 Å². The molecule has 0 rings (SSSR count). The van der Waals surface area contributed by atoms with Crippen molar-refractivity contribution in [2.24, 2.45) is 5.73 Å². The Hall–Kier alpha value is -2.41. The van der Waals surface area contributed by atoms with Gasteiger partial charge in [-0.25, -0.2) is 4.79 Å². The molecule has 4 N–H and O–H groups in total. The number of carboxylic acid groups (broad SMARTS) is 1. The summed E-state index contributed by atoms with van der Waals surface area (Å²) in [5, 5.41) is 11.9. The number of allylic oxidation sites excluding steroid dienone is 6. The number of carbonyl (C=O) groups is 3. The number of esters is 1. The van der Waals surface area contributed by atoms with Gasteiger partial charge in [-0.2, -0.15) is 0 Å². The summed E-state index contributed by atoms with van der Waals surface area (Å²) in [4.78, 5) is 36.3. The minimum atomic E-state index is -1.00. The number of amides is 1. The molecule has 0 heterocycles. The third kappa shape index (κ3) is 39.8. The van der Waals surface area contributed by atoms with Gasteiger partial charge in [-0.15, -0.1) is 0 Å². The van der Waals surface area contributed by atoms with Gasteiger partial charge >= 0.3 is 11.9 Å². The molecule has 0 saturated heterocycles. The highest BCUT2D eigenvalue weighted by Gasteiger charge is 2.19. The normalized spacial score (nSPS) is 12.9. The fraction of sp³-hybridized carbons (Fsp3) is 0.816. The standard InChI is InChI=1S/C49H90N2O5/c1-3-5-7-9-11-12-13-14-15-16-17-18-19-20-21-22-23-24-25-26-28-33-37-43-48(53)56-45(39-34-30-27-10-8-6-4-2)40-35-31-29-32-36-42-47(52)51-46(49(54)55)41-38-44-50/h13-14,16-17,19-20,45-46H,3-12,15,18,21-44,50H2,1-2H3,(H,51,52)(H,54,55)/b14-13-,17-16-,20-19-. The lowest BCUT2D eigenvalue weighted by Crippen LogP contribution is -2.40. The van der Waals surface area contributed by atoms with E-state index in [1.807, 2.05) is 0 Å². The van der Waals surface area contributed by atoms with Gasteiger partial charge in [-0.1, -0.05) is 172 Å². The molecular weight excluding hydrogens is 697 g/mol. The molecule has 0 aliphatic carbocycles. The number of carbonyl (C=O) groups excluding carboxylic acids is 2. The highest BCUT2D eigenvalue weighted by molar-refractivity contribution is 5.83. The first kappa shape index (κ1) is 53.6. The van der Waals surface area contributed by atoms with Gasteiger partial charge < -0.3 is 20.9 Å². The molecule has 2 unspecified atom stereocenters. The zero-order chi connectivity index (χ0) is 41.0. The zero-order valence-electron chi connectivity index (χ0n) is 36.7. The van der Waals surface area contributed by atoms with Gasteiger partial charge in [0.25, 0.3) is 0 Å². The minimum Gasteiger partial charge on any atom is -0.480 e. The van der Waals surface area contributed by atoms with Crippen molar-refractivity contribution >= 4 is 17.8 Å². The van der Waals surface area contributed by atoms with Gasteiger partial charge in [-0.3, -0.25) is 9.59 Å². The molecule has 0 aromatic rings. The van der Waals surface area contributed by atoms with E-state index >= 15 is 0 Å². The largest absolute Gasteiger partial charge is 0.480 e. The smallest absolute Gasteiger partial charge is 0.326 e. The van der Waals surface area contributed by atoms with Gasteiger partial charge in [0.15, 0.2) is 0 Å². The van der Waals surface area contributed by atoms with Gasteiger partial charge in [0, 0.05) is 12.8 Å². The molecule has 0 aromatic carbocycles. The van der Waals surface area contributed by atoms with Crippen LogP contribution < -0.4 is 11.1 Å². The van der Waals surface area contributed by atoms with Crippen LogP contribution in [-0.2, 0) is 19.1 Å². The van der Waals surface area contributed by atoms with Crippen LogP contribution in [0.2, 0.25) is 0 Å². The molecule has 0 radical (unpaired) electrons. The van der Waals surface area contributed by atoms with Crippen LogP contribution >= 0.6 is 0 Å². The first-order chi connectivity index (χ1) is 27.4. The Bertz CT molecular complexity index is 978. The van der Waals surface area contributed by atoms with E-state index in [1.165, 1.54) is 122 Å². The molecule has 7 heteroatoms. The summed E-state index contributed by atoms with van der Waals surface area (Å²) < 4.78 is 6.03. The first-order valence-electron chi connectivity index (χ1n) is 23.8. The fourth-order valence-corrected chi connectivity index (χ4v) is 7.11. The second-order valence-corrected chi connectivity index (χ2v) is 16.2. The van der Waals surface area contributed by atoms with E-state index in [1.54, 1.807) is 0 Å². The van der Waals surface area contributed by atoms with Gasteiger partial charge in [0.05, 0.1) is 0 Å². The quantitative estimate of drug-likeness (QED) is 0.0322. The van der Waals surface area contributed by atoms with Crippen LogP contribution in [0.3, 0.4) is 0 Å². The number of nitrogens with one attached hydrogen (secondary N) is 1. The van der Waals surface area contributed by atoms with Crippen LogP contribution in [0.1, 0.15) is 239 Å². The summed E-state index contributed by atoms with van der Waals surface area (Å²) >= 11 is 0. The fourth-order valence-electron chi connectivity index (χ4n) is 7.11. The van der Waals surface area contributed by atoms with E-state index in [-0.39, 0.29) is 18.0 Å². The lowest BCUT2D eigenvalue weighted by atomic mass is 10.0. The third-order valence-electron chi connectivity index (χ3n) is 10.7. The van der Waals surface area contributed by atoms with E-state index in [9.17, 15) is 19.5 Å². The Morgan fingerprint density at radius 2 is 0.929 bits per heavy atom. The number of rotatable bonds is 43. The highest BCUT2D eigenvalue weighted by atomic mass is 16.5. The van der Waals surface area contributed by atoms with Crippen molar-refractivity contribution in [2.75, 3.05) is 6.54 Å². The van der Waals surface area contributed by atoms with E-state index in [0.717, 1.165) is 77.0 Å². The van der Waals surface area contributed by atoms with Crippen molar-refractivity contribution in [3.05, 3.63) is 36.5 Å². The third-order valence-corrected chi connectivity index (χ3v) is 10.7. The van der Waals surface area contributed by atoms with E-state index in [4.69, 9.17) is 10.5 Å².